The molecular weight excluding hydrogens is 383 g/mol. The Labute approximate surface area is 172 Å². The fraction of sp³-hybridized carbons (Fsp3) is 0.273. The molecule has 30 heavy (non-hydrogen) atoms. The molecule has 0 unspecified atom stereocenters. The number of pyridine rings is 1. The van der Waals surface area contributed by atoms with Crippen LogP contribution in [0.25, 0.3) is 33.5 Å². The van der Waals surface area contributed by atoms with Crippen LogP contribution in [0, 0.1) is 5.82 Å². The summed E-state index contributed by atoms with van der Waals surface area (Å²) in [6.45, 7) is 3.10. The molecule has 1 saturated heterocycles. The molecule has 0 spiro atoms. The average Bonchev–Trinajstić information content (AvgIpc) is 3.41. The molecule has 0 aliphatic carbocycles. The smallest absolute Gasteiger partial charge is 0.219 e. The lowest BCUT2D eigenvalue weighted by molar-refractivity contribution is -0.130. The molecule has 0 atom stereocenters. The third-order valence-electron chi connectivity index (χ3n) is 5.72. The van der Waals surface area contributed by atoms with Crippen molar-refractivity contribution >= 4 is 16.9 Å². The molecule has 7 nitrogen and oxygen atoms in total. The Kier molecular flexibility index (Phi) is 4.54. The van der Waals surface area contributed by atoms with Gasteiger partial charge in [-0.25, -0.2) is 9.37 Å². The number of aromatic amines is 1. The van der Waals surface area contributed by atoms with E-state index in [2.05, 4.69) is 20.3 Å². The van der Waals surface area contributed by atoms with E-state index in [0.29, 0.717) is 22.5 Å². The van der Waals surface area contributed by atoms with Gasteiger partial charge >= 0.3 is 0 Å². The predicted octanol–water partition coefficient (Wildman–Crippen LogP) is 3.81. The highest BCUT2D eigenvalue weighted by atomic mass is 19.1. The van der Waals surface area contributed by atoms with Crippen molar-refractivity contribution in [2.24, 2.45) is 0 Å². The molecule has 4 aromatic rings. The summed E-state index contributed by atoms with van der Waals surface area (Å²) in [5.74, 6) is -0.187. The van der Waals surface area contributed by atoms with Crippen molar-refractivity contribution in [2.45, 2.75) is 25.8 Å². The Morgan fingerprint density at radius 1 is 1.17 bits per heavy atom. The predicted molar refractivity (Wildman–Crippen MR) is 111 cm³/mol. The summed E-state index contributed by atoms with van der Waals surface area (Å²) in [4.78, 5) is 18.1. The number of fused-ring (bicyclic) bond motifs is 1. The Morgan fingerprint density at radius 2 is 1.97 bits per heavy atom. The summed E-state index contributed by atoms with van der Waals surface area (Å²) in [6.07, 6.45) is 5.50. The zero-order chi connectivity index (χ0) is 20.7. The van der Waals surface area contributed by atoms with Gasteiger partial charge in [0.1, 0.15) is 17.0 Å². The Hall–Kier alpha value is -3.55. The molecule has 0 bridgehead atoms. The van der Waals surface area contributed by atoms with Crippen LogP contribution in [0.1, 0.15) is 25.8 Å². The van der Waals surface area contributed by atoms with Crippen LogP contribution < -0.4 is 0 Å². The van der Waals surface area contributed by atoms with Crippen LogP contribution in [0.5, 0.6) is 0 Å². The van der Waals surface area contributed by atoms with Crippen LogP contribution in [0.3, 0.4) is 0 Å². The molecule has 1 fully saturated rings. The minimum atomic E-state index is -0.306. The van der Waals surface area contributed by atoms with Crippen molar-refractivity contribution in [3.63, 3.8) is 0 Å². The zero-order valence-electron chi connectivity index (χ0n) is 16.5. The molecule has 0 radical (unpaired) electrons. The second-order valence-corrected chi connectivity index (χ2v) is 7.59. The van der Waals surface area contributed by atoms with Crippen molar-refractivity contribution in [2.75, 3.05) is 13.1 Å². The van der Waals surface area contributed by atoms with Gasteiger partial charge in [0.25, 0.3) is 0 Å². The number of likely N-dealkylation sites (tertiary alicyclic amines) is 1. The first-order valence-electron chi connectivity index (χ1n) is 10.0. The maximum Gasteiger partial charge on any atom is 0.219 e. The average molecular weight is 404 g/mol. The molecule has 1 aliphatic rings. The maximum absolute atomic E-state index is 14.2. The van der Waals surface area contributed by atoms with E-state index >= 15 is 0 Å². The molecule has 4 heterocycles. The van der Waals surface area contributed by atoms with Crippen LogP contribution in [0.15, 0.2) is 48.8 Å². The van der Waals surface area contributed by atoms with Crippen molar-refractivity contribution in [3.05, 3.63) is 54.6 Å². The van der Waals surface area contributed by atoms with E-state index < -0.39 is 0 Å². The largest absolute Gasteiger partial charge is 0.343 e. The van der Waals surface area contributed by atoms with Crippen LogP contribution in [-0.2, 0) is 4.79 Å². The molecule has 5 rings (SSSR count). The second-order valence-electron chi connectivity index (χ2n) is 7.59. The molecule has 1 aromatic carbocycles. The number of hydrogen-bond donors (Lipinski definition) is 1. The van der Waals surface area contributed by atoms with E-state index in [4.69, 9.17) is 0 Å². The third kappa shape index (κ3) is 3.24. The van der Waals surface area contributed by atoms with E-state index in [-0.39, 0.29) is 17.8 Å². The fourth-order valence-electron chi connectivity index (χ4n) is 4.02. The van der Waals surface area contributed by atoms with Crippen LogP contribution in [-0.4, -0.2) is 48.9 Å². The number of benzene rings is 1. The summed E-state index contributed by atoms with van der Waals surface area (Å²) in [5, 5.41) is 12.0. The quantitative estimate of drug-likeness (QED) is 0.563. The van der Waals surface area contributed by atoms with Crippen LogP contribution in [0.2, 0.25) is 0 Å². The van der Waals surface area contributed by atoms with Gasteiger partial charge in [-0.2, -0.15) is 10.2 Å². The highest BCUT2D eigenvalue weighted by Gasteiger charge is 2.23. The van der Waals surface area contributed by atoms with E-state index in [9.17, 15) is 9.18 Å². The molecule has 1 amide bonds. The van der Waals surface area contributed by atoms with Gasteiger partial charge in [-0.05, 0) is 37.1 Å². The first-order chi connectivity index (χ1) is 14.6. The maximum atomic E-state index is 14.2. The summed E-state index contributed by atoms with van der Waals surface area (Å²) in [5.41, 5.74) is 4.03. The van der Waals surface area contributed by atoms with Crippen molar-refractivity contribution in [1.29, 1.82) is 0 Å². The van der Waals surface area contributed by atoms with Crippen molar-refractivity contribution < 1.29 is 9.18 Å². The first kappa shape index (κ1) is 18.5. The number of rotatable bonds is 3. The van der Waals surface area contributed by atoms with E-state index in [1.54, 1.807) is 37.4 Å². The van der Waals surface area contributed by atoms with Gasteiger partial charge in [0.05, 0.1) is 23.4 Å². The Morgan fingerprint density at radius 3 is 2.73 bits per heavy atom. The number of aromatic nitrogens is 5. The third-order valence-corrected chi connectivity index (χ3v) is 5.72. The van der Waals surface area contributed by atoms with Gasteiger partial charge in [0, 0.05) is 37.3 Å². The minimum Gasteiger partial charge on any atom is -0.343 e. The van der Waals surface area contributed by atoms with Gasteiger partial charge in [0.2, 0.25) is 5.91 Å². The van der Waals surface area contributed by atoms with Crippen molar-refractivity contribution in [1.82, 2.24) is 29.9 Å². The molecule has 0 saturated carbocycles. The lowest BCUT2D eigenvalue weighted by Crippen LogP contribution is -2.37. The van der Waals surface area contributed by atoms with E-state index in [0.717, 1.165) is 37.0 Å². The molecule has 8 heteroatoms. The lowest BCUT2D eigenvalue weighted by atomic mass is 10.1. The number of nitrogens with one attached hydrogen (secondary N) is 1. The SMILES string of the molecule is CC(=O)N1CCC(n2cc(-c3n[nH]c4ccc(-c5ccccc5F)nc34)cn2)CC1. The molecule has 1 N–H and O–H groups in total. The highest BCUT2D eigenvalue weighted by molar-refractivity contribution is 5.90. The van der Waals surface area contributed by atoms with Gasteiger partial charge < -0.3 is 4.90 Å². The topological polar surface area (TPSA) is 79.7 Å². The monoisotopic (exact) mass is 404 g/mol. The highest BCUT2D eigenvalue weighted by Crippen LogP contribution is 2.30. The minimum absolute atomic E-state index is 0.120. The number of piperidine rings is 1. The summed E-state index contributed by atoms with van der Waals surface area (Å²) >= 11 is 0. The second kappa shape index (κ2) is 7.37. The molecule has 152 valence electrons. The number of H-pyrrole nitrogens is 1. The molecule has 1 aliphatic heterocycles. The summed E-state index contributed by atoms with van der Waals surface area (Å²) < 4.78 is 16.2. The zero-order valence-corrected chi connectivity index (χ0v) is 16.5. The molecular formula is C22H21FN6O. The van der Waals surface area contributed by atoms with Crippen LogP contribution in [0.4, 0.5) is 4.39 Å². The number of carbonyl (C=O) groups is 1. The van der Waals surface area contributed by atoms with E-state index in [1.165, 1.54) is 6.07 Å². The van der Waals surface area contributed by atoms with Gasteiger partial charge in [-0.1, -0.05) is 12.1 Å². The normalized spacial score (nSPS) is 15.1. The summed E-state index contributed by atoms with van der Waals surface area (Å²) in [7, 11) is 0. The first-order valence-corrected chi connectivity index (χ1v) is 10.0. The van der Waals surface area contributed by atoms with Crippen molar-refractivity contribution in [3.8, 4) is 22.5 Å². The number of halogens is 1. The van der Waals surface area contributed by atoms with Gasteiger partial charge in [-0.15, -0.1) is 0 Å². The fourth-order valence-corrected chi connectivity index (χ4v) is 4.02. The molecule has 3 aromatic heterocycles. The number of hydrogen-bond acceptors (Lipinski definition) is 4. The lowest BCUT2D eigenvalue weighted by Gasteiger charge is -2.31. The van der Waals surface area contributed by atoms with Gasteiger partial charge in [-0.3, -0.25) is 14.6 Å². The Bertz CT molecular complexity index is 1220. The van der Waals surface area contributed by atoms with Crippen LogP contribution >= 0.6 is 0 Å². The number of carbonyl (C=O) groups excluding carboxylic acids is 1. The number of amides is 1. The standard InChI is InChI=1S/C22H21FN6O/c1-14(30)28-10-8-16(9-11-28)29-13-15(12-24-29)21-22-20(26-27-21)7-6-19(25-22)17-4-2-3-5-18(17)23/h2-7,12-13,16H,8-11H2,1H3,(H,26,27). The summed E-state index contributed by atoms with van der Waals surface area (Å²) in [6, 6.07) is 10.5. The Balaban J connectivity index is 1.45. The number of nitrogens with zero attached hydrogens (tertiary/aromatic N) is 5. The van der Waals surface area contributed by atoms with Gasteiger partial charge in [0.15, 0.2) is 0 Å². The van der Waals surface area contributed by atoms with E-state index in [1.807, 2.05) is 21.8 Å².